The van der Waals surface area contributed by atoms with Crippen LogP contribution < -0.4 is 0 Å². The minimum Gasteiger partial charge on any atom is -0.338 e. The van der Waals surface area contributed by atoms with Crippen molar-refractivity contribution in [3.63, 3.8) is 0 Å². The van der Waals surface area contributed by atoms with Gasteiger partial charge in [0.1, 0.15) is 0 Å². The number of nitrogens with zero attached hydrogens (tertiary/aromatic N) is 2. The molecule has 2 rings (SSSR count). The summed E-state index contributed by atoms with van der Waals surface area (Å²) in [5.74, 6) is 1.50. The molecule has 0 spiro atoms. The van der Waals surface area contributed by atoms with Gasteiger partial charge in [0.15, 0.2) is 5.12 Å². The van der Waals surface area contributed by atoms with Crippen LogP contribution in [-0.4, -0.2) is 20.4 Å². The number of hydrogen-bond donors (Lipinski definition) is 0. The van der Waals surface area contributed by atoms with Crippen LogP contribution in [0.4, 0.5) is 0 Å². The summed E-state index contributed by atoms with van der Waals surface area (Å²) < 4.78 is 2.02. The van der Waals surface area contributed by atoms with E-state index in [9.17, 15) is 4.79 Å². The highest BCUT2D eigenvalue weighted by atomic mass is 32.2. The predicted octanol–water partition coefficient (Wildman–Crippen LogP) is 1.24. The molecule has 1 atom stereocenters. The maximum atomic E-state index is 11.0. The summed E-state index contributed by atoms with van der Waals surface area (Å²) in [6, 6.07) is 0. The molecule has 3 nitrogen and oxygen atoms in total. The third-order valence-electron chi connectivity index (χ3n) is 2.35. The Balaban J connectivity index is 1.99. The first kappa shape index (κ1) is 8.81. The third-order valence-corrected chi connectivity index (χ3v) is 3.48. The highest BCUT2D eigenvalue weighted by Gasteiger charge is 2.23. The smallest absolute Gasteiger partial charge is 0.189 e. The summed E-state index contributed by atoms with van der Waals surface area (Å²) >= 11 is 1.46. The van der Waals surface area contributed by atoms with Crippen molar-refractivity contribution in [1.29, 1.82) is 0 Å². The molecule has 1 aromatic heterocycles. The van der Waals surface area contributed by atoms with Crippen LogP contribution in [0.2, 0.25) is 0 Å². The van der Waals surface area contributed by atoms with Gasteiger partial charge in [-0.25, -0.2) is 4.98 Å². The van der Waals surface area contributed by atoms with Crippen molar-refractivity contribution in [2.75, 3.05) is 5.75 Å². The molecule has 1 unspecified atom stereocenters. The van der Waals surface area contributed by atoms with Crippen LogP contribution in [0.1, 0.15) is 12.1 Å². The fourth-order valence-corrected chi connectivity index (χ4v) is 2.58. The summed E-state index contributed by atoms with van der Waals surface area (Å²) in [5.41, 5.74) is 1.22. The summed E-state index contributed by atoms with van der Waals surface area (Å²) in [7, 11) is 1.99. The van der Waals surface area contributed by atoms with Crippen LogP contribution in [0.3, 0.4) is 0 Å². The second kappa shape index (κ2) is 3.54. The van der Waals surface area contributed by atoms with Gasteiger partial charge in [0, 0.05) is 31.1 Å². The first-order valence-corrected chi connectivity index (χ1v) is 5.35. The van der Waals surface area contributed by atoms with Gasteiger partial charge in [0.25, 0.3) is 0 Å². The molecule has 1 aliphatic heterocycles. The van der Waals surface area contributed by atoms with E-state index >= 15 is 0 Å². The Morgan fingerprint density at radius 3 is 3.15 bits per heavy atom. The molecule has 13 heavy (non-hydrogen) atoms. The van der Waals surface area contributed by atoms with Crippen LogP contribution >= 0.6 is 11.8 Å². The number of carbonyl (C=O) groups excluding carboxylic acids is 1. The molecule has 1 aromatic rings. The maximum absolute atomic E-state index is 11.0. The second-order valence-electron chi connectivity index (χ2n) is 3.45. The lowest BCUT2D eigenvalue weighted by Gasteiger charge is -2.06. The molecule has 1 fully saturated rings. The van der Waals surface area contributed by atoms with Gasteiger partial charge in [-0.2, -0.15) is 0 Å². The van der Waals surface area contributed by atoms with Crippen LogP contribution in [-0.2, 0) is 18.3 Å². The number of thioether (sulfide) groups is 1. The molecule has 2 heterocycles. The number of aryl methyl sites for hydroxylation is 1. The normalized spacial score (nSPS) is 22.5. The van der Waals surface area contributed by atoms with Crippen molar-refractivity contribution in [3.05, 3.63) is 18.2 Å². The number of aromatic nitrogens is 2. The van der Waals surface area contributed by atoms with Crippen LogP contribution in [0, 0.1) is 5.92 Å². The Morgan fingerprint density at radius 2 is 2.62 bits per heavy atom. The summed E-state index contributed by atoms with van der Waals surface area (Å²) in [5, 5.41) is 0.340. The largest absolute Gasteiger partial charge is 0.338 e. The summed E-state index contributed by atoms with van der Waals surface area (Å²) in [6.07, 6.45) is 5.40. The Hall–Kier alpha value is -0.770. The molecule has 0 radical (unpaired) electrons. The van der Waals surface area contributed by atoms with Crippen LogP contribution in [0.5, 0.6) is 0 Å². The lowest BCUT2D eigenvalue weighted by molar-refractivity contribution is -0.111. The van der Waals surface area contributed by atoms with Gasteiger partial charge >= 0.3 is 0 Å². The molecule has 0 bridgehead atoms. The van der Waals surface area contributed by atoms with E-state index in [0.29, 0.717) is 11.0 Å². The van der Waals surface area contributed by atoms with Gasteiger partial charge in [-0.1, -0.05) is 11.8 Å². The Bertz CT molecular complexity index is 321. The molecule has 1 aliphatic rings. The average molecular weight is 196 g/mol. The van der Waals surface area contributed by atoms with E-state index in [1.54, 1.807) is 6.33 Å². The SMILES string of the molecule is Cn1cncc1CC1CSC(=O)C1. The zero-order chi connectivity index (χ0) is 9.26. The zero-order valence-electron chi connectivity index (χ0n) is 7.56. The molecule has 0 N–H and O–H groups in total. The van der Waals surface area contributed by atoms with Gasteiger partial charge in [0.05, 0.1) is 6.33 Å². The fraction of sp³-hybridized carbons (Fsp3) is 0.556. The van der Waals surface area contributed by atoms with E-state index in [2.05, 4.69) is 4.98 Å². The topological polar surface area (TPSA) is 34.9 Å². The minimum absolute atomic E-state index is 0.340. The van der Waals surface area contributed by atoms with E-state index in [-0.39, 0.29) is 0 Å². The zero-order valence-corrected chi connectivity index (χ0v) is 8.38. The standard InChI is InChI=1S/C9H12N2OS/c1-11-6-10-4-8(11)2-7-3-9(12)13-5-7/h4,6-7H,2-3,5H2,1H3. The van der Waals surface area contributed by atoms with Gasteiger partial charge in [0.2, 0.25) is 0 Å². The molecule has 0 aliphatic carbocycles. The van der Waals surface area contributed by atoms with E-state index in [0.717, 1.165) is 18.6 Å². The predicted molar refractivity (Wildman–Crippen MR) is 52.5 cm³/mol. The highest BCUT2D eigenvalue weighted by Crippen LogP contribution is 2.27. The van der Waals surface area contributed by atoms with Crippen LogP contribution in [0.15, 0.2) is 12.5 Å². The molecule has 0 aromatic carbocycles. The fourth-order valence-electron chi connectivity index (χ4n) is 1.57. The average Bonchev–Trinajstić information content (AvgIpc) is 2.64. The minimum atomic E-state index is 0.340. The highest BCUT2D eigenvalue weighted by molar-refractivity contribution is 8.14. The molecular weight excluding hydrogens is 184 g/mol. The Morgan fingerprint density at radius 1 is 1.77 bits per heavy atom. The maximum Gasteiger partial charge on any atom is 0.189 e. The second-order valence-corrected chi connectivity index (χ2v) is 4.53. The Kier molecular flexibility index (Phi) is 2.40. The van der Waals surface area contributed by atoms with Gasteiger partial charge in [-0.3, -0.25) is 4.79 Å². The molecular formula is C9H12N2OS. The molecule has 0 amide bonds. The quantitative estimate of drug-likeness (QED) is 0.714. The van der Waals surface area contributed by atoms with Gasteiger partial charge in [-0.05, 0) is 12.3 Å². The molecule has 4 heteroatoms. The summed E-state index contributed by atoms with van der Waals surface area (Å²) in [4.78, 5) is 15.1. The van der Waals surface area contributed by atoms with Crippen molar-refractivity contribution in [2.45, 2.75) is 12.8 Å². The number of carbonyl (C=O) groups is 1. The first-order valence-electron chi connectivity index (χ1n) is 4.36. The number of hydrogen-bond acceptors (Lipinski definition) is 3. The lowest BCUT2D eigenvalue weighted by atomic mass is 10.0. The van der Waals surface area contributed by atoms with Crippen molar-refractivity contribution in [2.24, 2.45) is 13.0 Å². The first-order chi connectivity index (χ1) is 6.25. The van der Waals surface area contributed by atoms with E-state index in [4.69, 9.17) is 0 Å². The number of rotatable bonds is 2. The van der Waals surface area contributed by atoms with Crippen LogP contribution in [0.25, 0.3) is 0 Å². The lowest BCUT2D eigenvalue weighted by Crippen LogP contribution is -2.06. The van der Waals surface area contributed by atoms with Crippen molar-refractivity contribution < 1.29 is 4.79 Å². The van der Waals surface area contributed by atoms with E-state index in [1.807, 2.05) is 17.8 Å². The van der Waals surface area contributed by atoms with Gasteiger partial charge < -0.3 is 4.57 Å². The van der Waals surface area contributed by atoms with Crippen molar-refractivity contribution >= 4 is 16.9 Å². The van der Waals surface area contributed by atoms with Gasteiger partial charge in [-0.15, -0.1) is 0 Å². The summed E-state index contributed by atoms with van der Waals surface area (Å²) in [6.45, 7) is 0. The van der Waals surface area contributed by atoms with Crippen molar-refractivity contribution in [1.82, 2.24) is 9.55 Å². The van der Waals surface area contributed by atoms with E-state index in [1.165, 1.54) is 17.5 Å². The third kappa shape index (κ3) is 1.94. The van der Waals surface area contributed by atoms with E-state index < -0.39 is 0 Å². The Labute approximate surface area is 81.5 Å². The molecule has 70 valence electrons. The molecule has 0 saturated carbocycles. The van der Waals surface area contributed by atoms with Crippen molar-refractivity contribution in [3.8, 4) is 0 Å². The number of imidazole rings is 1. The monoisotopic (exact) mass is 196 g/mol. The molecule has 1 saturated heterocycles.